The normalized spacial score (nSPS) is 11.5. The summed E-state index contributed by atoms with van der Waals surface area (Å²) >= 11 is 0. The topological polar surface area (TPSA) is 16.4 Å². The van der Waals surface area contributed by atoms with Crippen LogP contribution in [0.3, 0.4) is 0 Å². The van der Waals surface area contributed by atoms with E-state index in [-0.39, 0.29) is 0 Å². The second-order valence-corrected chi connectivity index (χ2v) is 16.1. The van der Waals surface area contributed by atoms with E-state index in [0.29, 0.717) is 0 Å². The number of benzene rings is 11. The minimum atomic E-state index is 0.891. The number of rotatable bonds is 7. The van der Waals surface area contributed by atoms with Crippen LogP contribution in [0.15, 0.2) is 241 Å². The molecule has 2 heteroatoms. The Morgan fingerprint density at radius 3 is 1.52 bits per heavy atom. The van der Waals surface area contributed by atoms with Crippen LogP contribution in [0.25, 0.3) is 98.8 Å². The van der Waals surface area contributed by atoms with Crippen LogP contribution < -0.4 is 4.90 Å². The first kappa shape index (κ1) is 35.7. The Hall–Kier alpha value is -8.20. The van der Waals surface area contributed by atoms with Crippen molar-refractivity contribution < 1.29 is 4.42 Å². The number of anilines is 3. The minimum absolute atomic E-state index is 0.891. The molecule has 0 aliphatic rings. The molecule has 0 amide bonds. The fourth-order valence-corrected chi connectivity index (χ4v) is 9.33. The van der Waals surface area contributed by atoms with Gasteiger partial charge in [0.05, 0.1) is 0 Å². The van der Waals surface area contributed by atoms with Gasteiger partial charge in [-0.05, 0) is 126 Å². The molecule has 0 radical (unpaired) electrons. The van der Waals surface area contributed by atoms with E-state index >= 15 is 0 Å². The van der Waals surface area contributed by atoms with Crippen LogP contribution in [0.4, 0.5) is 17.1 Å². The van der Waals surface area contributed by atoms with Gasteiger partial charge in [-0.15, -0.1) is 0 Å². The van der Waals surface area contributed by atoms with E-state index < -0.39 is 0 Å². The third-order valence-corrected chi connectivity index (χ3v) is 12.5. The van der Waals surface area contributed by atoms with Gasteiger partial charge in [0.1, 0.15) is 11.2 Å². The van der Waals surface area contributed by atoms with Gasteiger partial charge in [0, 0.05) is 33.4 Å². The summed E-state index contributed by atoms with van der Waals surface area (Å²) in [5.74, 6) is 0. The summed E-state index contributed by atoms with van der Waals surface area (Å²) in [4.78, 5) is 2.38. The quantitative estimate of drug-likeness (QED) is 0.150. The Balaban J connectivity index is 0.949. The Kier molecular flexibility index (Phi) is 8.53. The largest absolute Gasteiger partial charge is 0.455 e. The maximum Gasteiger partial charge on any atom is 0.143 e. The van der Waals surface area contributed by atoms with Crippen molar-refractivity contribution in [2.75, 3.05) is 4.90 Å². The molecule has 12 aromatic rings. The SMILES string of the molecule is c1ccc(-c2ccc3cccc(-c4ccc(N(c5ccc(-c6ccc7oc8c(-c9ccccc9)cccc8c7c6)cc5)c5ccc6ccc7ccccc7c6c5)cc4)c3c2)cc1. The van der Waals surface area contributed by atoms with E-state index in [1.54, 1.807) is 0 Å². The summed E-state index contributed by atoms with van der Waals surface area (Å²) in [6.45, 7) is 0. The molecular weight excluding hydrogens is 751 g/mol. The number of fused-ring (bicyclic) bond motifs is 7. The molecule has 62 heavy (non-hydrogen) atoms. The molecule has 0 spiro atoms. The number of nitrogens with zero attached hydrogens (tertiary/aromatic N) is 1. The van der Waals surface area contributed by atoms with Crippen LogP contribution in [-0.2, 0) is 0 Å². The first-order valence-corrected chi connectivity index (χ1v) is 21.2. The molecular formula is C60H39NO. The highest BCUT2D eigenvalue weighted by molar-refractivity contribution is 6.11. The van der Waals surface area contributed by atoms with E-state index in [1.165, 1.54) is 54.6 Å². The summed E-state index contributed by atoms with van der Waals surface area (Å²) in [5, 5.41) is 9.66. The maximum atomic E-state index is 6.51. The van der Waals surface area contributed by atoms with E-state index in [0.717, 1.165) is 61.3 Å². The third-order valence-electron chi connectivity index (χ3n) is 12.5. The van der Waals surface area contributed by atoms with Crippen molar-refractivity contribution >= 4 is 71.3 Å². The van der Waals surface area contributed by atoms with Gasteiger partial charge in [0.15, 0.2) is 0 Å². The zero-order valence-electron chi connectivity index (χ0n) is 33.9. The Morgan fingerprint density at radius 2 is 0.742 bits per heavy atom. The molecule has 0 N–H and O–H groups in total. The van der Waals surface area contributed by atoms with Crippen molar-refractivity contribution in [3.63, 3.8) is 0 Å². The van der Waals surface area contributed by atoms with Crippen molar-refractivity contribution in [3.8, 4) is 44.5 Å². The van der Waals surface area contributed by atoms with E-state index in [9.17, 15) is 0 Å². The second-order valence-electron chi connectivity index (χ2n) is 16.1. The van der Waals surface area contributed by atoms with Gasteiger partial charge in [-0.1, -0.05) is 182 Å². The van der Waals surface area contributed by atoms with Gasteiger partial charge in [0.2, 0.25) is 0 Å². The van der Waals surface area contributed by atoms with Gasteiger partial charge >= 0.3 is 0 Å². The molecule has 1 aromatic heterocycles. The van der Waals surface area contributed by atoms with E-state index in [2.05, 4.69) is 235 Å². The van der Waals surface area contributed by atoms with Crippen molar-refractivity contribution in [1.82, 2.24) is 0 Å². The van der Waals surface area contributed by atoms with E-state index in [1.807, 2.05) is 6.07 Å². The minimum Gasteiger partial charge on any atom is -0.455 e. The Morgan fingerprint density at radius 1 is 0.258 bits per heavy atom. The van der Waals surface area contributed by atoms with Crippen LogP contribution in [0.2, 0.25) is 0 Å². The maximum absolute atomic E-state index is 6.51. The summed E-state index contributed by atoms with van der Waals surface area (Å²) in [6, 6.07) is 85.5. The summed E-state index contributed by atoms with van der Waals surface area (Å²) in [5.41, 5.74) is 14.5. The molecule has 0 bridgehead atoms. The summed E-state index contributed by atoms with van der Waals surface area (Å²) in [6.07, 6.45) is 0. The van der Waals surface area contributed by atoms with Crippen molar-refractivity contribution in [1.29, 1.82) is 0 Å². The molecule has 0 atom stereocenters. The molecule has 2 nitrogen and oxygen atoms in total. The van der Waals surface area contributed by atoms with Gasteiger partial charge in [0.25, 0.3) is 0 Å². The van der Waals surface area contributed by atoms with Crippen LogP contribution in [0, 0.1) is 0 Å². The molecule has 0 aliphatic heterocycles. The Bertz CT molecular complexity index is 3610. The molecule has 1 heterocycles. The fourth-order valence-electron chi connectivity index (χ4n) is 9.33. The van der Waals surface area contributed by atoms with Gasteiger partial charge in [-0.25, -0.2) is 0 Å². The lowest BCUT2D eigenvalue weighted by Gasteiger charge is -2.26. The van der Waals surface area contributed by atoms with Crippen LogP contribution in [-0.4, -0.2) is 0 Å². The highest BCUT2D eigenvalue weighted by Gasteiger charge is 2.17. The van der Waals surface area contributed by atoms with Crippen molar-refractivity contribution in [2.45, 2.75) is 0 Å². The Labute approximate surface area is 360 Å². The van der Waals surface area contributed by atoms with Crippen LogP contribution >= 0.6 is 0 Å². The predicted octanol–water partition coefficient (Wildman–Crippen LogP) is 17.2. The predicted molar refractivity (Wildman–Crippen MR) is 263 cm³/mol. The van der Waals surface area contributed by atoms with Crippen molar-refractivity contribution in [2.24, 2.45) is 0 Å². The third kappa shape index (κ3) is 6.20. The van der Waals surface area contributed by atoms with Crippen molar-refractivity contribution in [3.05, 3.63) is 237 Å². The lowest BCUT2D eigenvalue weighted by molar-refractivity contribution is 0.670. The van der Waals surface area contributed by atoms with Gasteiger partial charge in [-0.2, -0.15) is 0 Å². The first-order chi connectivity index (χ1) is 30.7. The molecule has 0 saturated carbocycles. The molecule has 0 saturated heterocycles. The van der Waals surface area contributed by atoms with Crippen LogP contribution in [0.5, 0.6) is 0 Å². The molecule has 11 aromatic carbocycles. The molecule has 0 unspecified atom stereocenters. The number of hydrogen-bond donors (Lipinski definition) is 0. The second kappa shape index (κ2) is 14.8. The highest BCUT2D eigenvalue weighted by atomic mass is 16.3. The average Bonchev–Trinajstić information content (AvgIpc) is 3.73. The first-order valence-electron chi connectivity index (χ1n) is 21.2. The zero-order valence-corrected chi connectivity index (χ0v) is 33.9. The molecule has 0 aliphatic carbocycles. The van der Waals surface area contributed by atoms with Crippen LogP contribution in [0.1, 0.15) is 0 Å². The average molecular weight is 790 g/mol. The number of furan rings is 1. The van der Waals surface area contributed by atoms with Gasteiger partial charge in [-0.3, -0.25) is 0 Å². The van der Waals surface area contributed by atoms with Gasteiger partial charge < -0.3 is 9.32 Å². The highest BCUT2D eigenvalue weighted by Crippen LogP contribution is 2.42. The monoisotopic (exact) mass is 789 g/mol. The van der Waals surface area contributed by atoms with E-state index in [4.69, 9.17) is 4.42 Å². The summed E-state index contributed by atoms with van der Waals surface area (Å²) < 4.78 is 6.51. The number of para-hydroxylation sites is 1. The molecule has 290 valence electrons. The lowest BCUT2D eigenvalue weighted by atomic mass is 9.94. The zero-order chi connectivity index (χ0) is 41.0. The standard InChI is InChI=1S/C60H39NO/c1-3-11-40(12-4-1)47-24-23-44-16-9-18-53(56(44)37-47)45-27-33-50(34-28-45)61(51-35-29-46-22-21-43-15-7-8-17-52(43)57(46)39-51)49-31-25-41(26-32-49)48-30-36-59-58(38-48)55-20-10-19-54(60(55)62-59)42-13-5-2-6-14-42/h1-39H. The molecule has 12 rings (SSSR count). The smallest absolute Gasteiger partial charge is 0.143 e. The fraction of sp³-hybridized carbons (Fsp3) is 0. The summed E-state index contributed by atoms with van der Waals surface area (Å²) in [7, 11) is 0. The molecule has 0 fully saturated rings. The number of hydrogen-bond acceptors (Lipinski definition) is 2. The lowest BCUT2D eigenvalue weighted by Crippen LogP contribution is -2.09.